The van der Waals surface area contributed by atoms with Crippen LogP contribution in [0.2, 0.25) is 0 Å². The lowest BCUT2D eigenvalue weighted by Gasteiger charge is -2.61. The van der Waals surface area contributed by atoms with E-state index in [9.17, 15) is 16.8 Å². The van der Waals surface area contributed by atoms with Crippen LogP contribution in [-0.4, -0.2) is 41.6 Å². The quantitative estimate of drug-likeness (QED) is 0.484. The van der Waals surface area contributed by atoms with Gasteiger partial charge in [-0.25, -0.2) is 0 Å². The Labute approximate surface area is 175 Å². The Hall–Kier alpha value is -0.440. The molecule has 0 spiro atoms. The second-order valence-electron chi connectivity index (χ2n) is 10.3. The Kier molecular flexibility index (Phi) is 5.29. The Morgan fingerprint density at radius 2 is 1.59 bits per heavy atom. The van der Waals surface area contributed by atoms with Gasteiger partial charge in [0.25, 0.3) is 20.2 Å². The fourth-order valence-electron chi connectivity index (χ4n) is 7.32. The molecule has 4 rings (SSSR count). The van der Waals surface area contributed by atoms with Crippen LogP contribution in [0.3, 0.4) is 0 Å². The SMILES string of the molecule is C[C@@]12CCC[C@H]1[C@@H]1[C@@H](OS(C)(=O)=O)[C@@H](OS(C)(=O)=O)C3=CCCC[C@]3(C)[C@H]1CC2. The van der Waals surface area contributed by atoms with Crippen molar-refractivity contribution in [3.05, 3.63) is 11.6 Å². The minimum Gasteiger partial charge on any atom is -0.263 e. The van der Waals surface area contributed by atoms with Crippen LogP contribution in [-0.2, 0) is 28.6 Å². The van der Waals surface area contributed by atoms with E-state index in [0.717, 1.165) is 69.5 Å². The van der Waals surface area contributed by atoms with Crippen LogP contribution in [0.25, 0.3) is 0 Å². The third-order valence-corrected chi connectivity index (χ3v) is 9.53. The van der Waals surface area contributed by atoms with Crippen molar-refractivity contribution in [2.75, 3.05) is 12.5 Å². The third-order valence-electron chi connectivity index (χ3n) is 8.40. The molecule has 4 aliphatic carbocycles. The summed E-state index contributed by atoms with van der Waals surface area (Å²) in [4.78, 5) is 0. The van der Waals surface area contributed by atoms with Gasteiger partial charge in [-0.1, -0.05) is 26.3 Å². The molecule has 29 heavy (non-hydrogen) atoms. The highest BCUT2D eigenvalue weighted by Crippen LogP contribution is 2.66. The van der Waals surface area contributed by atoms with E-state index in [1.54, 1.807) is 0 Å². The number of fused-ring (bicyclic) bond motifs is 5. The summed E-state index contributed by atoms with van der Waals surface area (Å²) in [7, 11) is -7.55. The molecule has 7 atom stereocenters. The highest BCUT2D eigenvalue weighted by molar-refractivity contribution is 7.86. The van der Waals surface area contributed by atoms with E-state index in [1.165, 1.54) is 0 Å². The molecule has 3 saturated carbocycles. The van der Waals surface area contributed by atoms with E-state index >= 15 is 0 Å². The summed E-state index contributed by atoms with van der Waals surface area (Å²) in [6, 6.07) is 0. The van der Waals surface area contributed by atoms with Gasteiger partial charge < -0.3 is 0 Å². The summed E-state index contributed by atoms with van der Waals surface area (Å²) >= 11 is 0. The second kappa shape index (κ2) is 7.04. The molecule has 0 N–H and O–H groups in total. The van der Waals surface area contributed by atoms with Crippen molar-refractivity contribution in [2.24, 2.45) is 28.6 Å². The number of hydrogen-bond acceptors (Lipinski definition) is 6. The third kappa shape index (κ3) is 3.83. The van der Waals surface area contributed by atoms with Crippen molar-refractivity contribution in [3.8, 4) is 0 Å². The monoisotopic (exact) mass is 446 g/mol. The molecule has 0 heterocycles. The summed E-state index contributed by atoms with van der Waals surface area (Å²) in [5.41, 5.74) is 0.938. The molecular weight excluding hydrogens is 412 g/mol. The molecule has 6 nitrogen and oxygen atoms in total. The second-order valence-corrected chi connectivity index (χ2v) is 13.5. The molecule has 0 unspecified atom stereocenters. The lowest BCUT2D eigenvalue weighted by Crippen LogP contribution is -2.61. The van der Waals surface area contributed by atoms with Crippen LogP contribution in [0.5, 0.6) is 0 Å². The van der Waals surface area contributed by atoms with Crippen molar-refractivity contribution in [2.45, 2.75) is 77.4 Å². The Morgan fingerprint density at radius 3 is 2.24 bits per heavy atom. The van der Waals surface area contributed by atoms with Crippen LogP contribution >= 0.6 is 0 Å². The first-order valence-corrected chi connectivity index (χ1v) is 14.4. The Bertz CT molecular complexity index is 907. The summed E-state index contributed by atoms with van der Waals surface area (Å²) in [5.74, 6) is 0.605. The maximum Gasteiger partial charge on any atom is 0.265 e. The summed E-state index contributed by atoms with van der Waals surface area (Å²) in [6.45, 7) is 4.56. The first-order chi connectivity index (χ1) is 13.3. The van der Waals surface area contributed by atoms with Gasteiger partial charge in [-0.05, 0) is 79.1 Å². The first kappa shape index (κ1) is 21.8. The average Bonchev–Trinajstić information content (AvgIpc) is 2.97. The lowest BCUT2D eigenvalue weighted by molar-refractivity contribution is -0.124. The van der Waals surface area contributed by atoms with Crippen molar-refractivity contribution in [3.63, 3.8) is 0 Å². The van der Waals surface area contributed by atoms with Gasteiger partial charge >= 0.3 is 0 Å². The zero-order valence-electron chi connectivity index (χ0n) is 17.9. The van der Waals surface area contributed by atoms with Crippen molar-refractivity contribution >= 4 is 20.2 Å². The van der Waals surface area contributed by atoms with E-state index in [-0.39, 0.29) is 22.7 Å². The lowest BCUT2D eigenvalue weighted by atomic mass is 9.46. The van der Waals surface area contributed by atoms with Gasteiger partial charge in [0.05, 0.1) is 12.5 Å². The maximum atomic E-state index is 12.3. The zero-order valence-corrected chi connectivity index (χ0v) is 19.5. The highest BCUT2D eigenvalue weighted by Gasteiger charge is 2.63. The molecule has 0 amide bonds. The number of hydrogen-bond donors (Lipinski definition) is 0. The van der Waals surface area contributed by atoms with Crippen molar-refractivity contribution in [1.82, 2.24) is 0 Å². The van der Waals surface area contributed by atoms with Gasteiger partial charge in [0.2, 0.25) is 0 Å². The standard InChI is InChI=1S/C21H34O6S2/c1-20-11-7-9-14(20)17-15(10-13-20)21(2)12-6-5-8-16(21)18(26-28(3,22)23)19(17)27-29(4,24)25/h8,14-15,17-19H,5-7,9-13H2,1-4H3/t14-,15-,17-,18-,19+,20-,21+/m0/s1. The molecule has 0 aromatic rings. The minimum absolute atomic E-state index is 0.0158. The largest absolute Gasteiger partial charge is 0.265 e. The summed E-state index contributed by atoms with van der Waals surface area (Å²) in [5, 5.41) is 0. The molecule has 8 heteroatoms. The van der Waals surface area contributed by atoms with Gasteiger partial charge in [0.15, 0.2) is 0 Å². The normalized spacial score (nSPS) is 45.1. The van der Waals surface area contributed by atoms with E-state index in [2.05, 4.69) is 19.9 Å². The van der Waals surface area contributed by atoms with Crippen LogP contribution < -0.4 is 0 Å². The summed E-state index contributed by atoms with van der Waals surface area (Å²) in [6.07, 6.45) is 10.9. The predicted molar refractivity (Wildman–Crippen MR) is 111 cm³/mol. The average molecular weight is 447 g/mol. The topological polar surface area (TPSA) is 86.7 Å². The Balaban J connectivity index is 1.87. The molecule has 0 saturated heterocycles. The van der Waals surface area contributed by atoms with E-state index in [0.29, 0.717) is 5.92 Å². The maximum absolute atomic E-state index is 12.3. The Morgan fingerprint density at radius 1 is 0.897 bits per heavy atom. The van der Waals surface area contributed by atoms with Gasteiger partial charge in [-0.15, -0.1) is 0 Å². The zero-order chi connectivity index (χ0) is 21.2. The fourth-order valence-corrected chi connectivity index (χ4v) is 8.54. The van der Waals surface area contributed by atoms with Gasteiger partial charge in [0, 0.05) is 0 Å². The van der Waals surface area contributed by atoms with Gasteiger partial charge in [-0.2, -0.15) is 16.8 Å². The van der Waals surface area contributed by atoms with Crippen molar-refractivity contribution < 1.29 is 25.2 Å². The van der Waals surface area contributed by atoms with Crippen LogP contribution in [0.15, 0.2) is 11.6 Å². The fraction of sp³-hybridized carbons (Fsp3) is 0.905. The molecule has 166 valence electrons. The molecule has 4 aliphatic rings. The molecular formula is C21H34O6S2. The molecule has 0 aromatic heterocycles. The van der Waals surface area contributed by atoms with Gasteiger partial charge in [0.1, 0.15) is 12.2 Å². The molecule has 0 bridgehead atoms. The van der Waals surface area contributed by atoms with Crippen LogP contribution in [0, 0.1) is 28.6 Å². The van der Waals surface area contributed by atoms with Gasteiger partial charge in [-0.3, -0.25) is 8.37 Å². The number of rotatable bonds is 4. The molecule has 0 aliphatic heterocycles. The van der Waals surface area contributed by atoms with Crippen molar-refractivity contribution in [1.29, 1.82) is 0 Å². The van der Waals surface area contributed by atoms with E-state index in [1.807, 2.05) is 0 Å². The van der Waals surface area contributed by atoms with Crippen LogP contribution in [0.1, 0.15) is 65.2 Å². The summed E-state index contributed by atoms with van der Waals surface area (Å²) < 4.78 is 60.2. The van der Waals surface area contributed by atoms with E-state index < -0.39 is 32.4 Å². The number of allylic oxidation sites excluding steroid dienone is 1. The van der Waals surface area contributed by atoms with E-state index in [4.69, 9.17) is 8.37 Å². The smallest absolute Gasteiger partial charge is 0.263 e. The molecule has 0 aromatic carbocycles. The predicted octanol–water partition coefficient (Wildman–Crippen LogP) is 3.64. The molecule has 0 radical (unpaired) electrons. The molecule has 3 fully saturated rings. The highest BCUT2D eigenvalue weighted by atomic mass is 32.2. The first-order valence-electron chi connectivity index (χ1n) is 10.8. The van der Waals surface area contributed by atoms with Crippen LogP contribution in [0.4, 0.5) is 0 Å². The minimum atomic E-state index is -3.78.